The summed E-state index contributed by atoms with van der Waals surface area (Å²) in [5.74, 6) is 0. The monoisotopic (exact) mass is 328 g/mol. The summed E-state index contributed by atoms with van der Waals surface area (Å²) in [6, 6.07) is 15.5. The van der Waals surface area contributed by atoms with Crippen LogP contribution >= 0.6 is 15.9 Å². The normalized spacial score (nSPS) is 12.9. The maximum Gasteiger partial charge on any atom is 0.326 e. The molecule has 3 nitrogen and oxygen atoms in total. The van der Waals surface area contributed by atoms with E-state index in [1.165, 1.54) is 0 Å². The van der Waals surface area contributed by atoms with Crippen molar-refractivity contribution in [3.8, 4) is 0 Å². The largest absolute Gasteiger partial charge is 0.340 e. The van der Waals surface area contributed by atoms with Gasteiger partial charge in [0, 0.05) is 17.1 Å². The Morgan fingerprint density at radius 3 is 2.45 bits per heavy atom. The van der Waals surface area contributed by atoms with Crippen molar-refractivity contribution >= 4 is 43.9 Å². The third kappa shape index (κ3) is 2.02. The molecule has 0 aromatic heterocycles. The lowest BCUT2D eigenvalue weighted by Gasteiger charge is -2.24. The molecule has 1 heterocycles. The zero-order valence-electron chi connectivity index (χ0n) is 10.9. The number of hydrogen-bond donors (Lipinski definition) is 1. The Bertz CT molecular complexity index is 709. The van der Waals surface area contributed by atoms with E-state index in [2.05, 4.69) is 21.2 Å². The van der Waals surface area contributed by atoms with Crippen LogP contribution in [0.15, 0.2) is 48.5 Å². The number of amides is 2. The van der Waals surface area contributed by atoms with Crippen LogP contribution in [-0.2, 0) is 0 Å². The third-order valence-corrected chi connectivity index (χ3v) is 3.94. The number of anilines is 2. The predicted molar refractivity (Wildman–Crippen MR) is 86.3 cm³/mol. The fourth-order valence-electron chi connectivity index (χ4n) is 2.36. The molecule has 0 saturated heterocycles. The fourth-order valence-corrected chi connectivity index (χ4v) is 2.94. The topological polar surface area (TPSA) is 32.3 Å². The zero-order valence-corrected chi connectivity index (χ0v) is 12.5. The number of benzene rings is 2. The van der Waals surface area contributed by atoms with E-state index in [0.29, 0.717) is 0 Å². The highest BCUT2D eigenvalue weighted by Crippen LogP contribution is 2.41. The Morgan fingerprint density at radius 2 is 1.70 bits per heavy atom. The molecule has 0 saturated carbocycles. The summed E-state index contributed by atoms with van der Waals surface area (Å²) in [5.41, 5.74) is 3.72. The van der Waals surface area contributed by atoms with Crippen LogP contribution < -0.4 is 10.2 Å². The number of fused-ring (bicyclic) bond motifs is 2. The summed E-state index contributed by atoms with van der Waals surface area (Å²) in [6.07, 6.45) is 2.04. The van der Waals surface area contributed by atoms with Crippen LogP contribution in [0.1, 0.15) is 11.1 Å². The molecule has 20 heavy (non-hydrogen) atoms. The molecule has 0 radical (unpaired) electrons. The maximum absolute atomic E-state index is 12.3. The van der Waals surface area contributed by atoms with Crippen LogP contribution in [0.5, 0.6) is 0 Å². The summed E-state index contributed by atoms with van der Waals surface area (Å²) >= 11 is 3.61. The molecular weight excluding hydrogens is 316 g/mol. The Morgan fingerprint density at radius 1 is 1.05 bits per heavy atom. The summed E-state index contributed by atoms with van der Waals surface area (Å²) in [7, 11) is 1.64. The van der Waals surface area contributed by atoms with Gasteiger partial charge in [-0.2, -0.15) is 0 Å². The maximum atomic E-state index is 12.3. The molecule has 1 aliphatic rings. The van der Waals surface area contributed by atoms with E-state index in [9.17, 15) is 4.79 Å². The summed E-state index contributed by atoms with van der Waals surface area (Å²) in [6.45, 7) is 0. The highest BCUT2D eigenvalue weighted by Gasteiger charge is 2.24. The molecule has 3 rings (SSSR count). The lowest BCUT2D eigenvalue weighted by Crippen LogP contribution is -2.35. The van der Waals surface area contributed by atoms with Gasteiger partial charge in [0.05, 0.1) is 11.4 Å². The van der Waals surface area contributed by atoms with E-state index in [1.807, 2.05) is 54.6 Å². The molecule has 4 heteroatoms. The molecule has 1 N–H and O–H groups in total. The number of urea groups is 1. The molecule has 0 bridgehead atoms. The smallest absolute Gasteiger partial charge is 0.326 e. The number of rotatable bonds is 0. The summed E-state index contributed by atoms with van der Waals surface area (Å²) in [5, 5.41) is 2.71. The Kier molecular flexibility index (Phi) is 3.32. The first kappa shape index (κ1) is 12.9. The third-order valence-electron chi connectivity index (χ3n) is 3.28. The summed E-state index contributed by atoms with van der Waals surface area (Å²) < 4.78 is 0.965. The van der Waals surface area contributed by atoms with Gasteiger partial charge >= 0.3 is 6.03 Å². The van der Waals surface area contributed by atoms with Gasteiger partial charge in [0.1, 0.15) is 0 Å². The van der Waals surface area contributed by atoms with Crippen molar-refractivity contribution < 1.29 is 4.79 Å². The van der Waals surface area contributed by atoms with Gasteiger partial charge in [-0.05, 0) is 23.8 Å². The quantitative estimate of drug-likeness (QED) is 0.765. The SMILES string of the molecule is CNC(=O)N1c2ccccc2C=C(Br)c2ccccc21. The Balaban J connectivity index is 2.32. The summed E-state index contributed by atoms with van der Waals surface area (Å²) in [4.78, 5) is 14.0. The highest BCUT2D eigenvalue weighted by molar-refractivity contribution is 9.15. The second-order valence-electron chi connectivity index (χ2n) is 4.46. The average molecular weight is 329 g/mol. The van der Waals surface area contributed by atoms with Crippen molar-refractivity contribution in [1.82, 2.24) is 5.32 Å². The van der Waals surface area contributed by atoms with Crippen LogP contribution in [0.4, 0.5) is 16.2 Å². The second kappa shape index (κ2) is 5.13. The van der Waals surface area contributed by atoms with Gasteiger partial charge in [-0.25, -0.2) is 4.79 Å². The molecule has 100 valence electrons. The van der Waals surface area contributed by atoms with E-state index in [1.54, 1.807) is 11.9 Å². The molecule has 0 aliphatic carbocycles. The van der Waals surface area contributed by atoms with Gasteiger partial charge in [0.2, 0.25) is 0 Å². The molecule has 2 amide bonds. The van der Waals surface area contributed by atoms with Crippen molar-refractivity contribution in [2.45, 2.75) is 0 Å². The van der Waals surface area contributed by atoms with Crippen LogP contribution in [0.3, 0.4) is 0 Å². The van der Waals surface area contributed by atoms with E-state index in [4.69, 9.17) is 0 Å². The van der Waals surface area contributed by atoms with Gasteiger partial charge in [-0.15, -0.1) is 0 Å². The number of hydrogen-bond acceptors (Lipinski definition) is 1. The van der Waals surface area contributed by atoms with Crippen LogP contribution in [0.25, 0.3) is 10.6 Å². The van der Waals surface area contributed by atoms with E-state index < -0.39 is 0 Å². The molecule has 1 aliphatic heterocycles. The van der Waals surface area contributed by atoms with Gasteiger partial charge in [-0.1, -0.05) is 52.3 Å². The van der Waals surface area contributed by atoms with Crippen LogP contribution in [0, 0.1) is 0 Å². The molecule has 0 atom stereocenters. The number of carbonyl (C=O) groups is 1. The first-order chi connectivity index (χ1) is 9.72. The first-order valence-corrected chi connectivity index (χ1v) is 7.09. The zero-order chi connectivity index (χ0) is 14.1. The highest BCUT2D eigenvalue weighted by atomic mass is 79.9. The van der Waals surface area contributed by atoms with E-state index in [-0.39, 0.29) is 6.03 Å². The minimum atomic E-state index is -0.152. The predicted octanol–water partition coefficient (Wildman–Crippen LogP) is 4.37. The fraction of sp³-hybridized carbons (Fsp3) is 0.0625. The van der Waals surface area contributed by atoms with Crippen LogP contribution in [0.2, 0.25) is 0 Å². The molecule has 0 spiro atoms. The van der Waals surface area contributed by atoms with Crippen molar-refractivity contribution in [3.05, 3.63) is 59.7 Å². The number of halogens is 1. The van der Waals surface area contributed by atoms with Gasteiger partial charge in [0.25, 0.3) is 0 Å². The minimum absolute atomic E-state index is 0.152. The number of nitrogens with zero attached hydrogens (tertiary/aromatic N) is 1. The molecule has 2 aromatic carbocycles. The lowest BCUT2D eigenvalue weighted by molar-refractivity contribution is 0.250. The standard InChI is InChI=1S/C16H13BrN2O/c1-18-16(20)19-14-8-4-2-6-11(14)10-13(17)12-7-3-5-9-15(12)19/h2-10H,1H3,(H,18,20). The van der Waals surface area contributed by atoms with Crippen molar-refractivity contribution in [1.29, 1.82) is 0 Å². The average Bonchev–Trinajstić information content (AvgIpc) is 2.61. The number of nitrogens with one attached hydrogen (secondary N) is 1. The van der Waals surface area contributed by atoms with Crippen molar-refractivity contribution in [2.75, 3.05) is 11.9 Å². The first-order valence-electron chi connectivity index (χ1n) is 6.30. The van der Waals surface area contributed by atoms with Crippen LogP contribution in [-0.4, -0.2) is 13.1 Å². The van der Waals surface area contributed by atoms with Gasteiger partial charge < -0.3 is 5.32 Å². The van der Waals surface area contributed by atoms with Gasteiger partial charge in [0.15, 0.2) is 0 Å². The molecule has 0 unspecified atom stereocenters. The van der Waals surface area contributed by atoms with Crippen molar-refractivity contribution in [3.63, 3.8) is 0 Å². The lowest BCUT2D eigenvalue weighted by atomic mass is 10.1. The van der Waals surface area contributed by atoms with E-state index in [0.717, 1.165) is 27.0 Å². The minimum Gasteiger partial charge on any atom is -0.340 e. The Hall–Kier alpha value is -2.07. The molecule has 0 fully saturated rings. The second-order valence-corrected chi connectivity index (χ2v) is 5.31. The van der Waals surface area contributed by atoms with Crippen molar-refractivity contribution in [2.24, 2.45) is 0 Å². The Labute approximate surface area is 126 Å². The molecule has 2 aromatic rings. The van der Waals surface area contributed by atoms with Gasteiger partial charge in [-0.3, -0.25) is 4.90 Å². The number of para-hydroxylation sites is 2. The molecular formula is C16H13BrN2O. The van der Waals surface area contributed by atoms with E-state index >= 15 is 0 Å². The number of carbonyl (C=O) groups excluding carboxylic acids is 1.